The Kier molecular flexibility index (Phi) is 26.2. The Hall–Kier alpha value is -2.32. The molecule has 0 aromatic carbocycles. The molecule has 2 heteroatoms. The van der Waals surface area contributed by atoms with Crippen molar-refractivity contribution in [1.29, 1.82) is 0 Å². The zero-order chi connectivity index (χ0) is 29.2. The molecule has 0 fully saturated rings. The summed E-state index contributed by atoms with van der Waals surface area (Å²) in [6, 6.07) is 0. The first kappa shape index (κ1) is 37.8. The molecule has 0 aromatic rings. The van der Waals surface area contributed by atoms with Crippen molar-refractivity contribution in [3.8, 4) is 0 Å². The molecule has 0 aliphatic heterocycles. The number of nitrogens with one attached hydrogen (secondary N) is 1. The van der Waals surface area contributed by atoms with Gasteiger partial charge in [-0.2, -0.15) is 0 Å². The summed E-state index contributed by atoms with van der Waals surface area (Å²) in [6.45, 7) is 24.4. The van der Waals surface area contributed by atoms with E-state index in [1.807, 2.05) is 54.7 Å². The zero-order valence-electron chi connectivity index (χ0n) is 26.8. The fraction of sp³-hybridized carbons (Fsp3) is 0.556. The van der Waals surface area contributed by atoms with Crippen LogP contribution in [0.5, 0.6) is 0 Å². The third-order valence-electron chi connectivity index (χ3n) is 6.28. The molecular formula is C36H61NO. The lowest BCUT2D eigenvalue weighted by Crippen LogP contribution is -2.06. The van der Waals surface area contributed by atoms with Crippen LogP contribution in [0.1, 0.15) is 107 Å². The smallest absolute Gasteiger partial charge is 0.113 e. The number of hydrogen-bond donors (Lipinski definition) is 1. The molecule has 0 amide bonds. The average molecular weight is 524 g/mol. The van der Waals surface area contributed by atoms with Crippen LogP contribution in [-0.2, 0) is 4.74 Å². The topological polar surface area (TPSA) is 21.3 Å². The maximum atomic E-state index is 6.01. The first-order valence-corrected chi connectivity index (χ1v) is 15.4. The van der Waals surface area contributed by atoms with Gasteiger partial charge in [-0.15, -0.1) is 0 Å². The normalized spacial score (nSPS) is 17.6. The van der Waals surface area contributed by atoms with E-state index >= 15 is 0 Å². The molecule has 1 N–H and O–H groups in total. The van der Waals surface area contributed by atoms with Crippen molar-refractivity contribution in [1.82, 2.24) is 5.32 Å². The highest BCUT2D eigenvalue weighted by atomic mass is 16.5. The standard InChI is InChI=1S/C26H32O.C4H11N.3C2H6/c1-4-22-14-10-15-23(22)18-17-20(2)27-19-25-13-8-9-16-26(21(25)3)24-11-6-5-7-12-24;1-3-4-5-2;3*1-2/h5-7,9,11,13,16-18,24H,2,4,8,10,12,14-15,19H2,1,3H3;5H,3-4H2,1-2H3;3*1-2H3/b18-17-;;;;. The second kappa shape index (κ2) is 26.3. The predicted octanol–water partition coefficient (Wildman–Crippen LogP) is 11.0. The van der Waals surface area contributed by atoms with E-state index in [1.165, 1.54) is 48.0 Å². The second-order valence-corrected chi connectivity index (χ2v) is 8.63. The van der Waals surface area contributed by atoms with Gasteiger partial charge in [0, 0.05) is 5.92 Å². The molecule has 2 nitrogen and oxygen atoms in total. The summed E-state index contributed by atoms with van der Waals surface area (Å²) in [5.74, 6) is 1.22. The van der Waals surface area contributed by atoms with Crippen LogP contribution in [0.25, 0.3) is 0 Å². The van der Waals surface area contributed by atoms with Gasteiger partial charge in [0.1, 0.15) is 12.4 Å². The van der Waals surface area contributed by atoms with E-state index in [-0.39, 0.29) is 0 Å². The van der Waals surface area contributed by atoms with Crippen molar-refractivity contribution in [3.05, 3.63) is 94.9 Å². The fourth-order valence-corrected chi connectivity index (χ4v) is 4.35. The Morgan fingerprint density at radius 2 is 1.76 bits per heavy atom. The molecule has 0 saturated carbocycles. The number of rotatable bonds is 9. The molecule has 0 bridgehead atoms. The van der Waals surface area contributed by atoms with Gasteiger partial charge in [-0.3, -0.25) is 0 Å². The Bertz CT molecular complexity index is 827. The molecule has 216 valence electrons. The Balaban J connectivity index is 0. The monoisotopic (exact) mass is 523 g/mol. The first-order chi connectivity index (χ1) is 18.6. The van der Waals surface area contributed by atoms with Crippen LogP contribution in [-0.4, -0.2) is 20.2 Å². The molecule has 1 atom stereocenters. The van der Waals surface area contributed by atoms with Crippen molar-refractivity contribution < 1.29 is 4.74 Å². The summed E-state index contributed by atoms with van der Waals surface area (Å²) in [6.07, 6.45) is 28.1. The summed E-state index contributed by atoms with van der Waals surface area (Å²) in [5.41, 5.74) is 7.11. The highest BCUT2D eigenvalue weighted by Gasteiger charge is 2.16. The van der Waals surface area contributed by atoms with Gasteiger partial charge in [-0.1, -0.05) is 116 Å². The maximum Gasteiger partial charge on any atom is 0.113 e. The van der Waals surface area contributed by atoms with Crippen LogP contribution in [0, 0.1) is 5.92 Å². The van der Waals surface area contributed by atoms with Crippen molar-refractivity contribution in [2.45, 2.75) is 107 Å². The minimum Gasteiger partial charge on any atom is -0.490 e. The lowest BCUT2D eigenvalue weighted by molar-refractivity contribution is 0.256. The quantitative estimate of drug-likeness (QED) is 0.240. The number of ether oxygens (including phenoxy) is 1. The maximum absolute atomic E-state index is 6.01. The van der Waals surface area contributed by atoms with E-state index in [1.54, 1.807) is 5.57 Å². The Morgan fingerprint density at radius 3 is 2.32 bits per heavy atom. The average Bonchev–Trinajstić information content (AvgIpc) is 3.37. The number of hydrogen-bond acceptors (Lipinski definition) is 2. The predicted molar refractivity (Wildman–Crippen MR) is 175 cm³/mol. The van der Waals surface area contributed by atoms with Crippen molar-refractivity contribution in [2.24, 2.45) is 5.92 Å². The van der Waals surface area contributed by atoms with Crippen LogP contribution >= 0.6 is 0 Å². The highest BCUT2D eigenvalue weighted by molar-refractivity contribution is 5.45. The summed E-state index contributed by atoms with van der Waals surface area (Å²) < 4.78 is 6.01. The fourth-order valence-electron chi connectivity index (χ4n) is 4.35. The first-order valence-electron chi connectivity index (χ1n) is 15.4. The molecule has 0 saturated heterocycles. The van der Waals surface area contributed by atoms with Crippen molar-refractivity contribution in [2.75, 3.05) is 20.2 Å². The van der Waals surface area contributed by atoms with Gasteiger partial charge >= 0.3 is 0 Å². The van der Waals surface area contributed by atoms with Gasteiger partial charge in [0.05, 0.1) is 0 Å². The molecule has 38 heavy (non-hydrogen) atoms. The Morgan fingerprint density at radius 1 is 1.05 bits per heavy atom. The minimum atomic E-state index is 0.470. The van der Waals surface area contributed by atoms with E-state index in [9.17, 15) is 0 Å². The lowest BCUT2D eigenvalue weighted by atomic mass is 9.87. The molecule has 0 radical (unpaired) electrons. The zero-order valence-corrected chi connectivity index (χ0v) is 26.8. The molecular weight excluding hydrogens is 462 g/mol. The molecule has 3 rings (SSSR count). The molecule has 3 aliphatic carbocycles. The van der Waals surface area contributed by atoms with E-state index in [4.69, 9.17) is 4.74 Å². The Labute approximate surface area is 238 Å². The van der Waals surface area contributed by atoms with Gasteiger partial charge in [-0.05, 0) is 93.8 Å². The van der Waals surface area contributed by atoms with Crippen LogP contribution in [0.15, 0.2) is 94.9 Å². The molecule has 0 heterocycles. The summed E-state index contributed by atoms with van der Waals surface area (Å²) in [7, 11) is 1.96. The van der Waals surface area contributed by atoms with Gasteiger partial charge in [0.15, 0.2) is 0 Å². The molecule has 3 aliphatic rings. The molecule has 0 aromatic heterocycles. The van der Waals surface area contributed by atoms with Crippen molar-refractivity contribution in [3.63, 3.8) is 0 Å². The third-order valence-corrected chi connectivity index (χ3v) is 6.28. The van der Waals surface area contributed by atoms with Gasteiger partial charge in [0.25, 0.3) is 0 Å². The largest absolute Gasteiger partial charge is 0.490 e. The van der Waals surface area contributed by atoms with Crippen LogP contribution in [0.2, 0.25) is 0 Å². The van der Waals surface area contributed by atoms with Crippen LogP contribution < -0.4 is 5.32 Å². The van der Waals surface area contributed by atoms with Crippen LogP contribution in [0.4, 0.5) is 0 Å². The van der Waals surface area contributed by atoms with Gasteiger partial charge < -0.3 is 10.1 Å². The number of allylic oxidation sites excluding steroid dienone is 12. The second-order valence-electron chi connectivity index (χ2n) is 8.63. The van der Waals surface area contributed by atoms with E-state index in [0.29, 0.717) is 12.5 Å². The van der Waals surface area contributed by atoms with Crippen LogP contribution in [0.3, 0.4) is 0 Å². The third kappa shape index (κ3) is 15.2. The SMILES string of the molecule is C=C(/C=C\C1=C(CC)CCC1)OCC1=CCC=CC(C2C=CC=CC2)=C1C.CC.CC.CC.CCCNC. The minimum absolute atomic E-state index is 0.470. The van der Waals surface area contributed by atoms with Gasteiger partial charge in [-0.25, -0.2) is 0 Å². The van der Waals surface area contributed by atoms with Gasteiger partial charge in [0.2, 0.25) is 0 Å². The van der Waals surface area contributed by atoms with E-state index < -0.39 is 0 Å². The van der Waals surface area contributed by atoms with E-state index in [2.05, 4.69) is 81.3 Å². The molecule has 0 spiro atoms. The van der Waals surface area contributed by atoms with E-state index in [0.717, 1.165) is 31.6 Å². The summed E-state index contributed by atoms with van der Waals surface area (Å²) in [5, 5.41) is 3.02. The summed E-state index contributed by atoms with van der Waals surface area (Å²) in [4.78, 5) is 0. The lowest BCUT2D eigenvalue weighted by Gasteiger charge is -2.19. The van der Waals surface area contributed by atoms with Crippen molar-refractivity contribution >= 4 is 0 Å². The molecule has 1 unspecified atom stereocenters. The highest BCUT2D eigenvalue weighted by Crippen LogP contribution is 2.31. The summed E-state index contributed by atoms with van der Waals surface area (Å²) >= 11 is 0.